The molecule has 0 heterocycles. The molecule has 0 fully saturated rings. The molecule has 6 nitrogen and oxygen atoms in total. The number of carbonyl (C=O) groups is 2. The van der Waals surface area contributed by atoms with E-state index >= 15 is 0 Å². The van der Waals surface area contributed by atoms with Crippen LogP contribution in [0.4, 0.5) is 4.79 Å². The van der Waals surface area contributed by atoms with Gasteiger partial charge in [0.05, 0.1) is 6.61 Å². The van der Waals surface area contributed by atoms with Crippen LogP contribution in [0.25, 0.3) is 0 Å². The summed E-state index contributed by atoms with van der Waals surface area (Å²) in [6, 6.07) is 9.32. The molecule has 0 saturated heterocycles. The van der Waals surface area contributed by atoms with Gasteiger partial charge in [-0.25, -0.2) is 4.79 Å². The Morgan fingerprint density at radius 3 is 2.38 bits per heavy atom. The summed E-state index contributed by atoms with van der Waals surface area (Å²) >= 11 is 0. The number of ether oxygens (including phenoxy) is 1. The van der Waals surface area contributed by atoms with E-state index in [1.165, 1.54) is 12.0 Å². The summed E-state index contributed by atoms with van der Waals surface area (Å²) in [5.74, 6) is -1.03. The summed E-state index contributed by atoms with van der Waals surface area (Å²) in [4.78, 5) is 26.3. The van der Waals surface area contributed by atoms with Gasteiger partial charge in [0.2, 0.25) is 0 Å². The highest BCUT2D eigenvalue weighted by molar-refractivity contribution is 5.80. The molecule has 1 aromatic carbocycles. The first-order valence-corrected chi connectivity index (χ1v) is 6.87. The Morgan fingerprint density at radius 2 is 1.86 bits per heavy atom. The average Bonchev–Trinajstić information content (AvgIpc) is 2.49. The van der Waals surface area contributed by atoms with Crippen LogP contribution in [-0.2, 0) is 16.1 Å². The lowest BCUT2D eigenvalue weighted by atomic mass is 10.2. The average molecular weight is 294 g/mol. The van der Waals surface area contributed by atoms with Crippen molar-refractivity contribution >= 4 is 12.0 Å². The molecule has 0 spiro atoms. The van der Waals surface area contributed by atoms with Crippen molar-refractivity contribution in [3.8, 4) is 0 Å². The van der Waals surface area contributed by atoms with Gasteiger partial charge in [-0.2, -0.15) is 0 Å². The van der Waals surface area contributed by atoms with E-state index in [9.17, 15) is 9.59 Å². The van der Waals surface area contributed by atoms with Crippen LogP contribution in [0.5, 0.6) is 0 Å². The first-order chi connectivity index (χ1) is 10.1. The number of nitrogens with zero attached hydrogens (tertiary/aromatic N) is 2. The minimum absolute atomic E-state index is 0.257. The number of carboxylic acid groups (broad SMARTS) is 1. The fourth-order valence-corrected chi connectivity index (χ4v) is 1.93. The molecule has 1 rings (SSSR count). The van der Waals surface area contributed by atoms with Crippen molar-refractivity contribution in [3.63, 3.8) is 0 Å². The van der Waals surface area contributed by atoms with Crippen molar-refractivity contribution < 1.29 is 19.4 Å². The fourth-order valence-electron chi connectivity index (χ4n) is 1.93. The third kappa shape index (κ3) is 5.83. The number of methoxy groups -OCH3 is 1. The lowest BCUT2D eigenvalue weighted by Gasteiger charge is -2.29. The van der Waals surface area contributed by atoms with Gasteiger partial charge in [0, 0.05) is 26.7 Å². The van der Waals surface area contributed by atoms with E-state index in [-0.39, 0.29) is 19.1 Å². The second-order valence-corrected chi connectivity index (χ2v) is 4.59. The molecule has 0 saturated carbocycles. The molecule has 0 bridgehead atoms. The molecule has 0 radical (unpaired) electrons. The van der Waals surface area contributed by atoms with Crippen LogP contribution in [0.2, 0.25) is 0 Å². The number of carboxylic acids is 1. The predicted molar refractivity (Wildman–Crippen MR) is 79.0 cm³/mol. The Hall–Kier alpha value is -2.08. The van der Waals surface area contributed by atoms with Crippen molar-refractivity contribution in [2.45, 2.75) is 13.5 Å². The van der Waals surface area contributed by atoms with Crippen molar-refractivity contribution in [1.82, 2.24) is 9.80 Å². The van der Waals surface area contributed by atoms with Crippen molar-refractivity contribution in [2.24, 2.45) is 0 Å². The Kier molecular flexibility index (Phi) is 7.25. The molecular formula is C15H22N2O4. The number of hydrogen-bond donors (Lipinski definition) is 1. The maximum Gasteiger partial charge on any atom is 0.323 e. The molecule has 2 amide bonds. The minimum atomic E-state index is -1.03. The second kappa shape index (κ2) is 8.97. The molecule has 0 aliphatic carbocycles. The Morgan fingerprint density at radius 1 is 1.19 bits per heavy atom. The summed E-state index contributed by atoms with van der Waals surface area (Å²) in [6.07, 6.45) is 0. The molecule has 6 heteroatoms. The smallest absolute Gasteiger partial charge is 0.323 e. The van der Waals surface area contributed by atoms with E-state index in [1.807, 2.05) is 37.3 Å². The van der Waals surface area contributed by atoms with Crippen LogP contribution in [0, 0.1) is 0 Å². The van der Waals surface area contributed by atoms with Gasteiger partial charge < -0.3 is 19.6 Å². The molecule has 1 aromatic rings. The maximum atomic E-state index is 12.5. The second-order valence-electron chi connectivity index (χ2n) is 4.59. The van der Waals surface area contributed by atoms with Gasteiger partial charge in [0.1, 0.15) is 6.54 Å². The maximum absolute atomic E-state index is 12.5. The molecule has 21 heavy (non-hydrogen) atoms. The number of aliphatic carboxylic acids is 1. The zero-order valence-corrected chi connectivity index (χ0v) is 12.5. The molecule has 0 aliphatic heterocycles. The first-order valence-electron chi connectivity index (χ1n) is 6.87. The zero-order valence-electron chi connectivity index (χ0n) is 12.5. The summed E-state index contributed by atoms with van der Waals surface area (Å²) in [5, 5.41) is 8.92. The van der Waals surface area contributed by atoms with Crippen molar-refractivity contribution in [3.05, 3.63) is 35.9 Å². The molecule has 1 N–H and O–H groups in total. The lowest BCUT2D eigenvalue weighted by Crippen LogP contribution is -2.46. The van der Waals surface area contributed by atoms with Gasteiger partial charge >= 0.3 is 12.0 Å². The lowest BCUT2D eigenvalue weighted by molar-refractivity contribution is -0.137. The number of rotatable bonds is 8. The van der Waals surface area contributed by atoms with E-state index in [1.54, 1.807) is 4.90 Å². The van der Waals surface area contributed by atoms with Gasteiger partial charge in [0.25, 0.3) is 0 Å². The topological polar surface area (TPSA) is 70.1 Å². The highest BCUT2D eigenvalue weighted by atomic mass is 16.5. The number of hydrogen-bond acceptors (Lipinski definition) is 3. The third-order valence-electron chi connectivity index (χ3n) is 3.03. The highest BCUT2D eigenvalue weighted by Crippen LogP contribution is 2.07. The minimum Gasteiger partial charge on any atom is -0.480 e. The van der Waals surface area contributed by atoms with E-state index in [0.29, 0.717) is 19.7 Å². The Bertz CT molecular complexity index is 450. The Balaban J connectivity index is 2.75. The zero-order chi connectivity index (χ0) is 15.7. The molecule has 0 aromatic heterocycles. The summed E-state index contributed by atoms with van der Waals surface area (Å²) < 4.78 is 4.93. The monoisotopic (exact) mass is 294 g/mol. The highest BCUT2D eigenvalue weighted by Gasteiger charge is 2.21. The van der Waals surface area contributed by atoms with E-state index in [4.69, 9.17) is 9.84 Å². The number of urea groups is 1. The van der Waals surface area contributed by atoms with Gasteiger partial charge in [-0.15, -0.1) is 0 Å². The van der Waals surface area contributed by atoms with Crippen LogP contribution in [-0.4, -0.2) is 60.3 Å². The van der Waals surface area contributed by atoms with Crippen LogP contribution in [0.3, 0.4) is 0 Å². The number of benzene rings is 1. The SMILES string of the molecule is CCN(Cc1ccccc1)C(=O)N(CCOC)CC(=O)O. The Labute approximate surface area is 124 Å². The van der Waals surface area contributed by atoms with Gasteiger partial charge in [-0.3, -0.25) is 4.79 Å². The van der Waals surface area contributed by atoms with Crippen molar-refractivity contribution in [1.29, 1.82) is 0 Å². The summed E-state index contributed by atoms with van der Waals surface area (Å²) in [6.45, 7) is 3.08. The quantitative estimate of drug-likeness (QED) is 0.791. The standard InChI is InChI=1S/C15H22N2O4/c1-3-16(11-13-7-5-4-6-8-13)15(20)17(9-10-21-2)12-14(18)19/h4-8H,3,9-12H2,1-2H3,(H,18,19). The third-order valence-corrected chi connectivity index (χ3v) is 3.03. The van der Waals surface area contributed by atoms with Crippen LogP contribution in [0.15, 0.2) is 30.3 Å². The van der Waals surface area contributed by atoms with Gasteiger partial charge in [0.15, 0.2) is 0 Å². The van der Waals surface area contributed by atoms with E-state index < -0.39 is 5.97 Å². The largest absolute Gasteiger partial charge is 0.480 e. The molecule has 116 valence electrons. The molecular weight excluding hydrogens is 272 g/mol. The van der Waals surface area contributed by atoms with E-state index in [0.717, 1.165) is 5.56 Å². The van der Waals surface area contributed by atoms with Crippen molar-refractivity contribution in [2.75, 3.05) is 33.4 Å². The van der Waals surface area contributed by atoms with Crippen LogP contribution in [0.1, 0.15) is 12.5 Å². The first kappa shape index (κ1) is 17.0. The summed E-state index contributed by atoms with van der Waals surface area (Å²) in [5.41, 5.74) is 1.01. The number of carbonyl (C=O) groups excluding carboxylic acids is 1. The molecule has 0 unspecified atom stereocenters. The van der Waals surface area contributed by atoms with Crippen LogP contribution < -0.4 is 0 Å². The van der Waals surface area contributed by atoms with Crippen LogP contribution >= 0.6 is 0 Å². The normalized spacial score (nSPS) is 10.2. The molecule has 0 aliphatic rings. The number of amides is 2. The molecule has 0 atom stereocenters. The predicted octanol–water partition coefficient (Wildman–Crippen LogP) is 1.66. The van der Waals surface area contributed by atoms with Gasteiger partial charge in [-0.05, 0) is 12.5 Å². The van der Waals surface area contributed by atoms with E-state index in [2.05, 4.69) is 0 Å². The summed E-state index contributed by atoms with van der Waals surface area (Å²) in [7, 11) is 1.52. The van der Waals surface area contributed by atoms with Gasteiger partial charge in [-0.1, -0.05) is 30.3 Å². The fraction of sp³-hybridized carbons (Fsp3) is 0.467.